The molecule has 3 aromatic carbocycles. The van der Waals surface area contributed by atoms with E-state index in [0.717, 1.165) is 33.6 Å². The summed E-state index contributed by atoms with van der Waals surface area (Å²) in [6.07, 6.45) is 3.23. The highest BCUT2D eigenvalue weighted by atomic mass is 35.5. The average molecular weight is 548 g/mol. The number of rotatable bonds is 6. The van der Waals surface area contributed by atoms with Gasteiger partial charge in [-0.15, -0.1) is 5.10 Å². The van der Waals surface area contributed by atoms with Crippen LogP contribution in [-0.2, 0) is 11.4 Å². The molecular formula is C30H22ClN7O2. The van der Waals surface area contributed by atoms with E-state index < -0.39 is 0 Å². The lowest BCUT2D eigenvalue weighted by Crippen LogP contribution is -2.16. The number of aryl methyl sites for hydroxylation is 1. The molecule has 0 radical (unpaired) electrons. The molecule has 40 heavy (non-hydrogen) atoms. The van der Waals surface area contributed by atoms with Crippen LogP contribution >= 0.6 is 11.6 Å². The SMILES string of the molecule is Cc1nn(-c2ccccc2)c2c1C(c1ccccc1Cl)c1c(ncn3nc(CO/N=C/c4ccccc4)nc13)O2. The molecule has 0 N–H and O–H groups in total. The van der Waals surface area contributed by atoms with Crippen LogP contribution in [0.4, 0.5) is 0 Å². The van der Waals surface area contributed by atoms with Gasteiger partial charge in [0.25, 0.3) is 0 Å². The Morgan fingerprint density at radius 2 is 1.70 bits per heavy atom. The zero-order chi connectivity index (χ0) is 27.1. The van der Waals surface area contributed by atoms with Crippen molar-refractivity contribution in [1.82, 2.24) is 29.4 Å². The van der Waals surface area contributed by atoms with Gasteiger partial charge in [0.05, 0.1) is 34.6 Å². The van der Waals surface area contributed by atoms with Gasteiger partial charge in [-0.05, 0) is 36.2 Å². The Balaban J connectivity index is 1.33. The maximum absolute atomic E-state index is 6.79. The van der Waals surface area contributed by atoms with E-state index in [0.29, 0.717) is 28.3 Å². The molecule has 1 unspecified atom stereocenters. The van der Waals surface area contributed by atoms with Gasteiger partial charge in [-0.25, -0.2) is 19.2 Å². The third-order valence-corrected chi connectivity index (χ3v) is 7.09. The molecule has 0 amide bonds. The summed E-state index contributed by atoms with van der Waals surface area (Å²) in [7, 11) is 0. The topological polar surface area (TPSA) is 91.7 Å². The second-order valence-corrected chi connectivity index (χ2v) is 9.69. The van der Waals surface area contributed by atoms with E-state index in [1.165, 1.54) is 0 Å². The first-order valence-electron chi connectivity index (χ1n) is 12.7. The lowest BCUT2D eigenvalue weighted by atomic mass is 9.84. The van der Waals surface area contributed by atoms with Crippen molar-refractivity contribution >= 4 is 23.5 Å². The second-order valence-electron chi connectivity index (χ2n) is 9.29. The highest BCUT2D eigenvalue weighted by molar-refractivity contribution is 6.31. The Hall–Kier alpha value is -5.02. The fourth-order valence-electron chi connectivity index (χ4n) is 4.98. The Labute approximate surface area is 234 Å². The molecule has 3 aromatic heterocycles. The number of nitrogens with zero attached hydrogens (tertiary/aromatic N) is 7. The van der Waals surface area contributed by atoms with Gasteiger partial charge in [-0.1, -0.05) is 83.5 Å². The molecular weight excluding hydrogens is 526 g/mol. The summed E-state index contributed by atoms with van der Waals surface area (Å²) in [6.45, 7) is 2.06. The predicted octanol–water partition coefficient (Wildman–Crippen LogP) is 6.11. The summed E-state index contributed by atoms with van der Waals surface area (Å²) >= 11 is 6.79. The van der Waals surface area contributed by atoms with E-state index in [-0.39, 0.29) is 12.5 Å². The van der Waals surface area contributed by atoms with E-state index in [4.69, 9.17) is 31.3 Å². The molecule has 196 valence electrons. The van der Waals surface area contributed by atoms with E-state index in [2.05, 4.69) is 15.2 Å². The molecule has 4 heterocycles. The van der Waals surface area contributed by atoms with Crippen molar-refractivity contribution in [2.45, 2.75) is 19.4 Å². The van der Waals surface area contributed by atoms with Gasteiger partial charge in [0.1, 0.15) is 6.33 Å². The largest absolute Gasteiger partial charge is 0.420 e. The summed E-state index contributed by atoms with van der Waals surface area (Å²) in [5.41, 5.74) is 5.78. The maximum atomic E-state index is 6.79. The number of benzene rings is 3. The van der Waals surface area contributed by atoms with E-state index in [1.54, 1.807) is 21.7 Å². The number of oxime groups is 1. The number of para-hydroxylation sites is 1. The molecule has 0 fully saturated rings. The van der Waals surface area contributed by atoms with Crippen molar-refractivity contribution in [2.75, 3.05) is 0 Å². The zero-order valence-corrected chi connectivity index (χ0v) is 22.1. The molecule has 10 heteroatoms. The van der Waals surface area contributed by atoms with Crippen LogP contribution in [0.5, 0.6) is 11.8 Å². The molecule has 0 bridgehead atoms. The van der Waals surface area contributed by atoms with Crippen LogP contribution in [0.2, 0.25) is 5.02 Å². The standard InChI is InChI=1S/C30H22ClN7O2/c1-19-25-26(22-14-8-9-15-23(22)31)27-28-34-24(17-39-33-16-20-10-4-2-5-11-20)36-37(28)18-32-29(27)40-30(25)38(35-19)21-12-6-3-7-13-21/h2-16,18,26H,17H2,1H3/b33-16+. The van der Waals surface area contributed by atoms with Gasteiger partial charge in [0.2, 0.25) is 11.8 Å². The van der Waals surface area contributed by atoms with Crippen molar-refractivity contribution < 1.29 is 9.57 Å². The first-order chi connectivity index (χ1) is 19.7. The monoisotopic (exact) mass is 547 g/mol. The molecule has 1 aliphatic rings. The molecule has 6 aromatic rings. The van der Waals surface area contributed by atoms with Crippen LogP contribution < -0.4 is 4.74 Å². The van der Waals surface area contributed by atoms with Crippen molar-refractivity contribution in [3.8, 4) is 17.4 Å². The van der Waals surface area contributed by atoms with Gasteiger partial charge in [-0.3, -0.25) is 0 Å². The second kappa shape index (κ2) is 9.94. The number of hydrogen-bond acceptors (Lipinski definition) is 7. The smallest absolute Gasteiger partial charge is 0.230 e. The van der Waals surface area contributed by atoms with Crippen molar-refractivity contribution in [3.05, 3.63) is 130 Å². The lowest BCUT2D eigenvalue weighted by Gasteiger charge is -2.27. The van der Waals surface area contributed by atoms with Gasteiger partial charge < -0.3 is 9.57 Å². The highest BCUT2D eigenvalue weighted by Gasteiger charge is 2.38. The number of ether oxygens (including phenoxy) is 1. The van der Waals surface area contributed by atoms with Crippen LogP contribution in [0.25, 0.3) is 11.3 Å². The summed E-state index contributed by atoms with van der Waals surface area (Å²) in [6, 6.07) is 27.3. The summed E-state index contributed by atoms with van der Waals surface area (Å²) in [5, 5.41) is 14.1. The minimum absolute atomic E-state index is 0.0909. The zero-order valence-electron chi connectivity index (χ0n) is 21.3. The summed E-state index contributed by atoms with van der Waals surface area (Å²) in [5.74, 6) is 1.14. The number of fused-ring (bicyclic) bond motifs is 4. The highest BCUT2D eigenvalue weighted by Crippen LogP contribution is 2.50. The molecule has 0 spiro atoms. The first kappa shape index (κ1) is 24.1. The molecule has 9 nitrogen and oxygen atoms in total. The van der Waals surface area contributed by atoms with Gasteiger partial charge >= 0.3 is 0 Å². The molecule has 1 aliphatic heterocycles. The summed E-state index contributed by atoms with van der Waals surface area (Å²) in [4.78, 5) is 14.9. The third-order valence-electron chi connectivity index (χ3n) is 6.75. The lowest BCUT2D eigenvalue weighted by molar-refractivity contribution is 0.126. The van der Waals surface area contributed by atoms with E-state index >= 15 is 0 Å². The van der Waals surface area contributed by atoms with Crippen LogP contribution in [0.1, 0.15) is 39.7 Å². The van der Waals surface area contributed by atoms with E-state index in [1.807, 2.05) is 91.9 Å². The van der Waals surface area contributed by atoms with E-state index in [9.17, 15) is 0 Å². The molecule has 0 aliphatic carbocycles. The minimum Gasteiger partial charge on any atom is -0.420 e. The molecule has 0 saturated carbocycles. The predicted molar refractivity (Wildman–Crippen MR) is 150 cm³/mol. The van der Waals surface area contributed by atoms with Crippen molar-refractivity contribution in [3.63, 3.8) is 0 Å². The van der Waals surface area contributed by atoms with Gasteiger partial charge in [0.15, 0.2) is 18.1 Å². The third kappa shape index (κ3) is 4.17. The quantitative estimate of drug-likeness (QED) is 0.184. The Kier molecular flexibility index (Phi) is 5.98. The fourth-order valence-corrected chi connectivity index (χ4v) is 5.23. The average Bonchev–Trinajstić information content (AvgIpc) is 3.56. The minimum atomic E-state index is -0.338. The van der Waals surface area contributed by atoms with Gasteiger partial charge in [-0.2, -0.15) is 5.10 Å². The normalized spacial score (nSPS) is 14.2. The number of aromatic nitrogens is 6. The van der Waals surface area contributed by atoms with Crippen molar-refractivity contribution in [2.24, 2.45) is 5.16 Å². The van der Waals surface area contributed by atoms with Gasteiger partial charge in [0, 0.05) is 5.02 Å². The first-order valence-corrected chi connectivity index (χ1v) is 13.1. The van der Waals surface area contributed by atoms with Crippen LogP contribution in [0.3, 0.4) is 0 Å². The number of halogens is 1. The van der Waals surface area contributed by atoms with Crippen LogP contribution in [0, 0.1) is 6.92 Å². The number of hydrogen-bond donors (Lipinski definition) is 0. The summed E-state index contributed by atoms with van der Waals surface area (Å²) < 4.78 is 9.89. The Morgan fingerprint density at radius 1 is 0.950 bits per heavy atom. The van der Waals surface area contributed by atoms with Crippen LogP contribution in [0.15, 0.2) is 96.4 Å². The Bertz CT molecular complexity index is 1870. The maximum Gasteiger partial charge on any atom is 0.230 e. The fraction of sp³-hybridized carbons (Fsp3) is 0.100. The molecule has 0 saturated heterocycles. The van der Waals surface area contributed by atoms with Crippen molar-refractivity contribution in [1.29, 1.82) is 0 Å². The molecule has 7 rings (SSSR count). The van der Waals surface area contributed by atoms with Crippen LogP contribution in [-0.4, -0.2) is 35.6 Å². The Morgan fingerprint density at radius 3 is 2.50 bits per heavy atom. The molecule has 1 atom stereocenters.